The molecule has 0 fully saturated rings. The highest BCUT2D eigenvalue weighted by Crippen LogP contribution is 2.17. The molecule has 53 valence electrons. The van der Waals surface area contributed by atoms with Crippen molar-refractivity contribution >= 4 is 6.29 Å². The van der Waals surface area contributed by atoms with E-state index in [0.717, 1.165) is 11.3 Å². The van der Waals surface area contributed by atoms with Gasteiger partial charge < -0.3 is 4.42 Å². The predicted octanol–water partition coefficient (Wildman–Crippen LogP) is 1.66. The summed E-state index contributed by atoms with van der Waals surface area (Å²) in [4.78, 5) is 10.3. The molecule has 0 unspecified atom stereocenters. The van der Waals surface area contributed by atoms with Crippen LogP contribution >= 0.6 is 0 Å². The standard InChI is InChI=1S/C8H9O2/c1-5-6(2)10-7(3)8(5)4-9/h1-3H3. The second-order valence-electron chi connectivity index (χ2n) is 2.32. The molecule has 0 aliphatic carbocycles. The number of aryl methyl sites for hydroxylation is 2. The molecular weight excluding hydrogens is 128 g/mol. The zero-order valence-electron chi connectivity index (χ0n) is 6.32. The van der Waals surface area contributed by atoms with Crippen LogP contribution in [0.5, 0.6) is 0 Å². The Morgan fingerprint density at radius 3 is 2.00 bits per heavy atom. The maximum Gasteiger partial charge on any atom is 0.237 e. The van der Waals surface area contributed by atoms with Crippen LogP contribution in [0.15, 0.2) is 4.42 Å². The molecule has 0 aliphatic heterocycles. The Morgan fingerprint density at radius 1 is 1.20 bits per heavy atom. The van der Waals surface area contributed by atoms with Gasteiger partial charge in [0.2, 0.25) is 6.29 Å². The fourth-order valence-electron chi connectivity index (χ4n) is 0.946. The molecule has 0 aromatic carbocycles. The first-order valence-corrected chi connectivity index (χ1v) is 3.11. The van der Waals surface area contributed by atoms with Crippen LogP contribution in [0.4, 0.5) is 0 Å². The maximum absolute atomic E-state index is 10.3. The topological polar surface area (TPSA) is 30.2 Å². The summed E-state index contributed by atoms with van der Waals surface area (Å²) in [7, 11) is 0. The van der Waals surface area contributed by atoms with Gasteiger partial charge in [-0.25, -0.2) is 0 Å². The van der Waals surface area contributed by atoms with Crippen LogP contribution in [-0.2, 0) is 4.79 Å². The van der Waals surface area contributed by atoms with Crippen molar-refractivity contribution in [3.8, 4) is 0 Å². The molecule has 1 rings (SSSR count). The smallest absolute Gasteiger partial charge is 0.237 e. The minimum absolute atomic E-state index is 0.567. The third kappa shape index (κ3) is 0.856. The molecule has 0 amide bonds. The molecule has 0 atom stereocenters. The highest BCUT2D eigenvalue weighted by atomic mass is 16.3. The first-order chi connectivity index (χ1) is 4.66. The van der Waals surface area contributed by atoms with E-state index in [2.05, 4.69) is 0 Å². The summed E-state index contributed by atoms with van der Waals surface area (Å²) in [5.74, 6) is 1.46. The fourth-order valence-corrected chi connectivity index (χ4v) is 0.946. The maximum atomic E-state index is 10.3. The van der Waals surface area contributed by atoms with Crippen molar-refractivity contribution in [3.63, 3.8) is 0 Å². The van der Waals surface area contributed by atoms with Crippen LogP contribution in [0.3, 0.4) is 0 Å². The summed E-state index contributed by atoms with van der Waals surface area (Å²) < 4.78 is 5.17. The third-order valence-electron chi connectivity index (χ3n) is 1.66. The van der Waals surface area contributed by atoms with Crippen molar-refractivity contribution in [2.75, 3.05) is 0 Å². The van der Waals surface area contributed by atoms with Crippen LogP contribution in [-0.4, -0.2) is 6.29 Å². The van der Waals surface area contributed by atoms with Gasteiger partial charge in [-0.15, -0.1) is 0 Å². The average Bonchev–Trinajstić information content (AvgIpc) is 2.09. The van der Waals surface area contributed by atoms with E-state index in [1.807, 2.05) is 20.1 Å². The highest BCUT2D eigenvalue weighted by Gasteiger charge is 2.09. The van der Waals surface area contributed by atoms with Gasteiger partial charge in [-0.05, 0) is 20.8 Å². The van der Waals surface area contributed by atoms with Crippen LogP contribution in [0.2, 0.25) is 0 Å². The van der Waals surface area contributed by atoms with Crippen molar-refractivity contribution in [1.29, 1.82) is 0 Å². The number of furan rings is 1. The predicted molar refractivity (Wildman–Crippen MR) is 37.7 cm³/mol. The zero-order chi connectivity index (χ0) is 7.72. The molecule has 0 spiro atoms. The molecule has 1 aromatic heterocycles. The van der Waals surface area contributed by atoms with E-state index in [0.29, 0.717) is 11.3 Å². The number of carbonyl (C=O) groups excluding carboxylic acids is 1. The second kappa shape index (κ2) is 2.29. The molecule has 1 aromatic rings. The number of rotatable bonds is 1. The van der Waals surface area contributed by atoms with Crippen LogP contribution in [0.1, 0.15) is 22.6 Å². The molecule has 0 bridgehead atoms. The van der Waals surface area contributed by atoms with Crippen molar-refractivity contribution in [3.05, 3.63) is 22.6 Å². The Labute approximate surface area is 59.8 Å². The molecule has 2 nitrogen and oxygen atoms in total. The Balaban J connectivity index is 3.33. The van der Waals surface area contributed by atoms with Gasteiger partial charge in [-0.2, -0.15) is 0 Å². The van der Waals surface area contributed by atoms with Gasteiger partial charge in [0.15, 0.2) is 0 Å². The van der Waals surface area contributed by atoms with Crippen molar-refractivity contribution in [2.45, 2.75) is 20.8 Å². The molecule has 0 N–H and O–H groups in total. The second-order valence-corrected chi connectivity index (χ2v) is 2.32. The lowest BCUT2D eigenvalue weighted by Gasteiger charge is -1.83. The largest absolute Gasteiger partial charge is 0.466 e. The third-order valence-corrected chi connectivity index (χ3v) is 1.66. The van der Waals surface area contributed by atoms with Crippen LogP contribution in [0, 0.1) is 20.8 Å². The monoisotopic (exact) mass is 137 g/mol. The average molecular weight is 137 g/mol. The van der Waals surface area contributed by atoms with E-state index in [9.17, 15) is 4.79 Å². The summed E-state index contributed by atoms with van der Waals surface area (Å²) in [6, 6.07) is 0. The van der Waals surface area contributed by atoms with Crippen LogP contribution in [0.25, 0.3) is 0 Å². The molecule has 1 radical (unpaired) electrons. The summed E-state index contributed by atoms with van der Waals surface area (Å²) >= 11 is 0. The molecular formula is C8H9O2. The molecule has 2 heteroatoms. The lowest BCUT2D eigenvalue weighted by molar-refractivity contribution is 0.501. The van der Waals surface area contributed by atoms with E-state index < -0.39 is 0 Å². The summed E-state index contributed by atoms with van der Waals surface area (Å²) in [5, 5.41) is 0. The Kier molecular flexibility index (Phi) is 1.62. The van der Waals surface area contributed by atoms with Crippen molar-refractivity contribution in [2.24, 2.45) is 0 Å². The molecule has 0 saturated heterocycles. The zero-order valence-corrected chi connectivity index (χ0v) is 6.32. The van der Waals surface area contributed by atoms with Crippen molar-refractivity contribution in [1.82, 2.24) is 0 Å². The summed E-state index contributed by atoms with van der Waals surface area (Å²) in [6.45, 7) is 5.45. The van der Waals surface area contributed by atoms with Gasteiger partial charge in [0.25, 0.3) is 0 Å². The van der Waals surface area contributed by atoms with E-state index in [1.165, 1.54) is 0 Å². The molecule has 0 saturated carbocycles. The quantitative estimate of drug-likeness (QED) is 0.589. The highest BCUT2D eigenvalue weighted by molar-refractivity contribution is 5.79. The van der Waals surface area contributed by atoms with Gasteiger partial charge in [0.05, 0.1) is 5.56 Å². The lowest BCUT2D eigenvalue weighted by Crippen LogP contribution is -1.82. The molecule has 0 aliphatic rings. The number of hydrogen-bond donors (Lipinski definition) is 0. The fraction of sp³-hybridized carbons (Fsp3) is 0.375. The van der Waals surface area contributed by atoms with E-state index in [-0.39, 0.29) is 0 Å². The van der Waals surface area contributed by atoms with E-state index >= 15 is 0 Å². The first kappa shape index (κ1) is 7.06. The van der Waals surface area contributed by atoms with E-state index in [4.69, 9.17) is 4.42 Å². The summed E-state index contributed by atoms with van der Waals surface area (Å²) in [5.41, 5.74) is 1.46. The first-order valence-electron chi connectivity index (χ1n) is 3.11. The minimum Gasteiger partial charge on any atom is -0.466 e. The Hall–Kier alpha value is -1.05. The lowest BCUT2D eigenvalue weighted by atomic mass is 10.1. The van der Waals surface area contributed by atoms with Gasteiger partial charge in [-0.3, -0.25) is 4.79 Å². The Bertz CT molecular complexity index is 258. The normalized spacial score (nSPS) is 9.90. The van der Waals surface area contributed by atoms with Gasteiger partial charge in [0, 0.05) is 5.56 Å². The Morgan fingerprint density at radius 2 is 1.80 bits per heavy atom. The van der Waals surface area contributed by atoms with Crippen molar-refractivity contribution < 1.29 is 9.21 Å². The minimum atomic E-state index is 0.567. The van der Waals surface area contributed by atoms with Crippen LogP contribution < -0.4 is 0 Å². The SMILES string of the molecule is Cc1oc(C)c([C]=O)c1C. The molecule has 1 heterocycles. The number of hydrogen-bond acceptors (Lipinski definition) is 2. The molecule has 10 heavy (non-hydrogen) atoms. The van der Waals surface area contributed by atoms with Gasteiger partial charge >= 0.3 is 0 Å². The van der Waals surface area contributed by atoms with E-state index in [1.54, 1.807) is 6.92 Å². The van der Waals surface area contributed by atoms with Gasteiger partial charge in [0.1, 0.15) is 11.5 Å². The van der Waals surface area contributed by atoms with Gasteiger partial charge in [-0.1, -0.05) is 0 Å². The summed E-state index contributed by atoms with van der Waals surface area (Å²) in [6.07, 6.45) is 1.84.